The highest BCUT2D eigenvalue weighted by molar-refractivity contribution is 6.31. The van der Waals surface area contributed by atoms with E-state index in [-0.39, 0.29) is 31.0 Å². The van der Waals surface area contributed by atoms with Gasteiger partial charge in [-0.3, -0.25) is 4.79 Å². The largest absolute Gasteiger partial charge is 0.404 e. The van der Waals surface area contributed by atoms with Crippen LogP contribution in [-0.4, -0.2) is 46.8 Å². The molecule has 1 unspecified atom stereocenters. The molecule has 4 rings (SSSR count). The van der Waals surface area contributed by atoms with Crippen molar-refractivity contribution < 1.29 is 23.9 Å². The van der Waals surface area contributed by atoms with Crippen LogP contribution >= 0.6 is 11.6 Å². The second-order valence-corrected chi connectivity index (χ2v) is 8.30. The summed E-state index contributed by atoms with van der Waals surface area (Å²) in [6, 6.07) is 5.45. The lowest BCUT2D eigenvalue weighted by molar-refractivity contribution is -0.363. The van der Waals surface area contributed by atoms with Gasteiger partial charge in [0.1, 0.15) is 5.75 Å². The number of aryl methyl sites for hydroxylation is 2. The third kappa shape index (κ3) is 5.47. The number of aromatic amines is 2. The molecular formula is C22H28ClN4O6+. The summed E-state index contributed by atoms with van der Waals surface area (Å²) in [7, 11) is 1.58. The second kappa shape index (κ2) is 10.5. The normalized spacial score (nSPS) is 16.4. The van der Waals surface area contributed by atoms with E-state index in [9.17, 15) is 9.59 Å². The Morgan fingerprint density at radius 3 is 2.85 bits per heavy atom. The van der Waals surface area contributed by atoms with Crippen molar-refractivity contribution in [2.45, 2.75) is 39.0 Å². The summed E-state index contributed by atoms with van der Waals surface area (Å²) in [4.78, 5) is 31.5. The average Bonchev–Trinajstić information content (AvgIpc) is 3.24. The Morgan fingerprint density at radius 1 is 1.24 bits per heavy atom. The van der Waals surface area contributed by atoms with Gasteiger partial charge < -0.3 is 18.9 Å². The monoisotopic (exact) mass is 479 g/mol. The first-order chi connectivity index (χ1) is 15.9. The summed E-state index contributed by atoms with van der Waals surface area (Å²) < 4.78 is 24.9. The standard InChI is InChI=1S/C22H27ClN4O6/c1-14-13-15(6-7-16(14)23)33-21-24-18-19(25-21)26(2)22(29)27(20(18)28)8-10-30-11-12-32-17-5-3-4-9-31-17/h6-7,13,17H,3-5,8-12H2,1-2H3,(H,24,25)/p+1. The molecule has 3 aromatic rings. The maximum Gasteiger partial charge on any atom is 0.400 e. The molecule has 1 fully saturated rings. The van der Waals surface area contributed by atoms with E-state index >= 15 is 0 Å². The number of fused-ring (bicyclic) bond motifs is 1. The van der Waals surface area contributed by atoms with Gasteiger partial charge in [0.05, 0.1) is 33.4 Å². The molecule has 2 N–H and O–H groups in total. The van der Waals surface area contributed by atoms with Crippen molar-refractivity contribution in [3.63, 3.8) is 0 Å². The number of imidazole rings is 1. The van der Waals surface area contributed by atoms with E-state index in [0.29, 0.717) is 29.6 Å². The molecule has 1 aliphatic rings. The maximum atomic E-state index is 12.9. The smallest absolute Gasteiger partial charge is 0.400 e. The van der Waals surface area contributed by atoms with Gasteiger partial charge in [-0.1, -0.05) is 11.6 Å². The molecule has 0 bridgehead atoms. The Kier molecular flexibility index (Phi) is 7.49. The molecule has 0 aliphatic carbocycles. The number of H-pyrrole nitrogens is 2. The predicted octanol–water partition coefficient (Wildman–Crippen LogP) is 2.16. The minimum Gasteiger partial charge on any atom is -0.404 e. The molecule has 1 aliphatic heterocycles. The molecule has 0 spiro atoms. The van der Waals surface area contributed by atoms with Crippen molar-refractivity contribution >= 4 is 22.8 Å². The van der Waals surface area contributed by atoms with Gasteiger partial charge in [-0.25, -0.2) is 23.9 Å². The van der Waals surface area contributed by atoms with Gasteiger partial charge in [0, 0.05) is 11.6 Å². The first-order valence-electron chi connectivity index (χ1n) is 10.9. The van der Waals surface area contributed by atoms with Gasteiger partial charge in [-0.2, -0.15) is 0 Å². The van der Waals surface area contributed by atoms with E-state index < -0.39 is 11.2 Å². The quantitative estimate of drug-likeness (QED) is 0.471. The average molecular weight is 480 g/mol. The number of nitrogens with one attached hydrogen (secondary N) is 2. The topological polar surface area (TPSA) is 111 Å². The van der Waals surface area contributed by atoms with E-state index in [1.807, 2.05) is 6.92 Å². The zero-order valence-electron chi connectivity index (χ0n) is 18.7. The molecule has 1 aromatic carbocycles. The van der Waals surface area contributed by atoms with Crippen LogP contribution in [0, 0.1) is 6.92 Å². The van der Waals surface area contributed by atoms with Gasteiger partial charge >= 0.3 is 17.3 Å². The molecule has 1 saturated heterocycles. The fourth-order valence-electron chi connectivity index (χ4n) is 3.66. The van der Waals surface area contributed by atoms with Crippen LogP contribution in [0.3, 0.4) is 0 Å². The van der Waals surface area contributed by atoms with Crippen molar-refractivity contribution in [2.24, 2.45) is 7.05 Å². The van der Waals surface area contributed by atoms with Crippen molar-refractivity contribution in [3.05, 3.63) is 49.6 Å². The fourth-order valence-corrected chi connectivity index (χ4v) is 3.78. The van der Waals surface area contributed by atoms with E-state index in [4.69, 9.17) is 30.5 Å². The van der Waals surface area contributed by atoms with Gasteiger partial charge in [0.2, 0.25) is 5.52 Å². The predicted molar refractivity (Wildman–Crippen MR) is 121 cm³/mol. The molecule has 11 heteroatoms. The summed E-state index contributed by atoms with van der Waals surface area (Å²) in [6.45, 7) is 3.66. The number of halogens is 1. The molecule has 1 atom stereocenters. The van der Waals surface area contributed by atoms with E-state index in [2.05, 4.69) is 9.97 Å². The van der Waals surface area contributed by atoms with Crippen molar-refractivity contribution in [3.8, 4) is 11.8 Å². The zero-order chi connectivity index (χ0) is 23.4. The number of nitrogens with zero attached hydrogens (tertiary/aromatic N) is 2. The number of aromatic nitrogens is 4. The van der Waals surface area contributed by atoms with Gasteiger partial charge in [-0.15, -0.1) is 0 Å². The maximum absolute atomic E-state index is 12.9. The minimum atomic E-state index is -0.457. The van der Waals surface area contributed by atoms with Gasteiger partial charge in [0.15, 0.2) is 6.29 Å². The summed E-state index contributed by atoms with van der Waals surface area (Å²) in [6.07, 6.45) is 2.89. The fraction of sp³-hybridized carbons (Fsp3) is 0.500. The van der Waals surface area contributed by atoms with Crippen LogP contribution in [0.5, 0.6) is 11.8 Å². The van der Waals surface area contributed by atoms with E-state index in [1.54, 1.807) is 25.2 Å². The molecule has 178 valence electrons. The summed E-state index contributed by atoms with van der Waals surface area (Å²) in [5, 5.41) is 0.629. The molecule has 3 heterocycles. The van der Waals surface area contributed by atoms with Gasteiger partial charge in [0.25, 0.3) is 5.65 Å². The van der Waals surface area contributed by atoms with Crippen LogP contribution < -0.4 is 21.0 Å². The lowest BCUT2D eigenvalue weighted by atomic mass is 10.2. The third-order valence-corrected chi connectivity index (χ3v) is 5.92. The molecule has 0 radical (unpaired) electrons. The highest BCUT2D eigenvalue weighted by atomic mass is 35.5. The van der Waals surface area contributed by atoms with Crippen LogP contribution in [0.2, 0.25) is 5.02 Å². The van der Waals surface area contributed by atoms with E-state index in [1.165, 1.54) is 4.57 Å². The van der Waals surface area contributed by atoms with Gasteiger partial charge in [-0.05, 0) is 49.9 Å². The highest BCUT2D eigenvalue weighted by Crippen LogP contribution is 2.23. The molecule has 0 amide bonds. The number of hydrogen-bond acceptors (Lipinski definition) is 6. The lowest BCUT2D eigenvalue weighted by Crippen LogP contribution is -2.41. The second-order valence-electron chi connectivity index (χ2n) is 7.89. The first-order valence-corrected chi connectivity index (χ1v) is 11.3. The molecule has 2 aromatic heterocycles. The van der Waals surface area contributed by atoms with Crippen molar-refractivity contribution in [2.75, 3.05) is 26.4 Å². The Balaban J connectivity index is 1.40. The zero-order valence-corrected chi connectivity index (χ0v) is 19.4. The lowest BCUT2D eigenvalue weighted by Gasteiger charge is -2.22. The third-order valence-electron chi connectivity index (χ3n) is 5.50. The minimum absolute atomic E-state index is 0.118. The first kappa shape index (κ1) is 23.5. The summed E-state index contributed by atoms with van der Waals surface area (Å²) in [5.74, 6) is 0.541. The number of rotatable bonds is 9. The van der Waals surface area contributed by atoms with Crippen molar-refractivity contribution in [1.82, 2.24) is 14.1 Å². The highest BCUT2D eigenvalue weighted by Gasteiger charge is 2.22. The van der Waals surface area contributed by atoms with Crippen LogP contribution in [-0.2, 0) is 27.8 Å². The Hall–Kier alpha value is -2.66. The van der Waals surface area contributed by atoms with Crippen LogP contribution in [0.15, 0.2) is 27.8 Å². The van der Waals surface area contributed by atoms with E-state index in [0.717, 1.165) is 36.0 Å². The Morgan fingerprint density at radius 2 is 2.09 bits per heavy atom. The van der Waals surface area contributed by atoms with Crippen LogP contribution in [0.25, 0.3) is 11.2 Å². The van der Waals surface area contributed by atoms with Crippen LogP contribution in [0.1, 0.15) is 24.8 Å². The Bertz CT molecular complexity index is 1230. The van der Waals surface area contributed by atoms with Crippen molar-refractivity contribution in [1.29, 1.82) is 0 Å². The summed E-state index contributed by atoms with van der Waals surface area (Å²) in [5.41, 5.74) is 0.519. The number of hydrogen-bond donors (Lipinski definition) is 1. The molecule has 10 nitrogen and oxygen atoms in total. The van der Waals surface area contributed by atoms with Crippen LogP contribution in [0.4, 0.5) is 0 Å². The molecule has 33 heavy (non-hydrogen) atoms. The molecule has 0 saturated carbocycles. The number of benzene rings is 1. The molecular weight excluding hydrogens is 452 g/mol. The number of ether oxygens (including phenoxy) is 4. The Labute approximate surface area is 195 Å². The summed E-state index contributed by atoms with van der Waals surface area (Å²) >= 11 is 6.05. The SMILES string of the molecule is Cc1cc(Oc2[nH]c3c(=O)n(CCOCCOC4CCCCO4)c(=O)n(C)c3[nH+]2)ccc1Cl.